The number of nitrogens with zero attached hydrogens (tertiary/aromatic N) is 2. The Bertz CT molecular complexity index is 1260. The first-order valence-corrected chi connectivity index (χ1v) is 12.6. The van der Waals surface area contributed by atoms with Crippen molar-refractivity contribution in [3.8, 4) is 5.75 Å². The predicted molar refractivity (Wildman–Crippen MR) is 146 cm³/mol. The predicted octanol–water partition coefficient (Wildman–Crippen LogP) is 7.98. The van der Waals surface area contributed by atoms with E-state index >= 15 is 0 Å². The SMILES string of the molecule is CCN(CC)CCC[C@@H](Nc1c2ccc(Cl)cc2nc2ccc(OC)cc12)c1ccc(Cl)cc1. The van der Waals surface area contributed by atoms with Crippen LogP contribution in [-0.4, -0.2) is 36.6 Å². The van der Waals surface area contributed by atoms with Crippen molar-refractivity contribution in [3.63, 3.8) is 0 Å². The molecule has 1 aromatic heterocycles. The van der Waals surface area contributed by atoms with Gasteiger partial charge < -0.3 is 15.0 Å². The molecular formula is C28H31Cl2N3O. The summed E-state index contributed by atoms with van der Waals surface area (Å²) < 4.78 is 5.53. The van der Waals surface area contributed by atoms with Crippen molar-refractivity contribution < 1.29 is 4.74 Å². The maximum Gasteiger partial charge on any atom is 0.119 e. The maximum absolute atomic E-state index is 6.31. The number of halogens is 2. The number of fused-ring (bicyclic) bond motifs is 2. The van der Waals surface area contributed by atoms with Crippen molar-refractivity contribution in [2.45, 2.75) is 32.7 Å². The van der Waals surface area contributed by atoms with Crippen LogP contribution in [0.15, 0.2) is 60.7 Å². The second-order valence-electron chi connectivity index (χ2n) is 8.45. The monoisotopic (exact) mass is 495 g/mol. The molecule has 6 heteroatoms. The lowest BCUT2D eigenvalue weighted by Gasteiger charge is -2.25. The van der Waals surface area contributed by atoms with Gasteiger partial charge in [0.15, 0.2) is 0 Å². The first kappa shape index (κ1) is 24.6. The fourth-order valence-corrected chi connectivity index (χ4v) is 4.72. The third-order valence-corrected chi connectivity index (χ3v) is 6.88. The lowest BCUT2D eigenvalue weighted by molar-refractivity contribution is 0.294. The fraction of sp³-hybridized carbons (Fsp3) is 0.321. The van der Waals surface area contributed by atoms with Crippen LogP contribution in [0.5, 0.6) is 5.75 Å². The first-order valence-electron chi connectivity index (χ1n) is 11.8. The van der Waals surface area contributed by atoms with Crippen LogP contribution in [0.3, 0.4) is 0 Å². The number of anilines is 1. The average molecular weight is 496 g/mol. The molecule has 1 N–H and O–H groups in total. The first-order chi connectivity index (χ1) is 16.5. The second-order valence-corrected chi connectivity index (χ2v) is 9.32. The van der Waals surface area contributed by atoms with Gasteiger partial charge in [-0.25, -0.2) is 4.98 Å². The lowest BCUT2D eigenvalue weighted by Crippen LogP contribution is -2.25. The Labute approximate surface area is 211 Å². The minimum Gasteiger partial charge on any atom is -0.497 e. The molecule has 1 atom stereocenters. The van der Waals surface area contributed by atoms with Crippen LogP contribution in [0, 0.1) is 0 Å². The van der Waals surface area contributed by atoms with Gasteiger partial charge in [0.05, 0.1) is 29.9 Å². The summed E-state index contributed by atoms with van der Waals surface area (Å²) in [5, 5.41) is 7.36. The van der Waals surface area contributed by atoms with E-state index in [0.717, 1.165) is 70.7 Å². The molecule has 4 rings (SSSR count). The largest absolute Gasteiger partial charge is 0.497 e. The summed E-state index contributed by atoms with van der Waals surface area (Å²) in [5.74, 6) is 0.801. The summed E-state index contributed by atoms with van der Waals surface area (Å²) in [7, 11) is 1.69. The van der Waals surface area contributed by atoms with Gasteiger partial charge in [-0.15, -0.1) is 0 Å². The molecule has 4 aromatic rings. The highest BCUT2D eigenvalue weighted by molar-refractivity contribution is 6.31. The van der Waals surface area contributed by atoms with E-state index in [2.05, 4.69) is 36.2 Å². The Morgan fingerprint density at radius 3 is 2.32 bits per heavy atom. The van der Waals surface area contributed by atoms with Crippen LogP contribution in [0.1, 0.15) is 38.3 Å². The molecule has 34 heavy (non-hydrogen) atoms. The van der Waals surface area contributed by atoms with E-state index in [0.29, 0.717) is 5.02 Å². The molecule has 0 saturated carbocycles. The Morgan fingerprint density at radius 1 is 0.882 bits per heavy atom. The number of hydrogen-bond acceptors (Lipinski definition) is 4. The minimum atomic E-state index is 0.114. The van der Waals surface area contributed by atoms with Crippen LogP contribution in [0.4, 0.5) is 5.69 Å². The van der Waals surface area contributed by atoms with Crippen LogP contribution in [0.25, 0.3) is 21.8 Å². The van der Waals surface area contributed by atoms with E-state index in [1.165, 1.54) is 5.56 Å². The molecule has 4 nitrogen and oxygen atoms in total. The summed E-state index contributed by atoms with van der Waals surface area (Å²) in [6.45, 7) is 7.63. The average Bonchev–Trinajstić information content (AvgIpc) is 2.85. The molecule has 0 fully saturated rings. The lowest BCUT2D eigenvalue weighted by atomic mass is 9.99. The van der Waals surface area contributed by atoms with Crippen LogP contribution < -0.4 is 10.1 Å². The van der Waals surface area contributed by atoms with E-state index in [-0.39, 0.29) is 6.04 Å². The van der Waals surface area contributed by atoms with Crippen LogP contribution in [-0.2, 0) is 0 Å². The highest BCUT2D eigenvalue weighted by atomic mass is 35.5. The Kier molecular flexibility index (Phi) is 8.15. The van der Waals surface area contributed by atoms with Gasteiger partial charge in [0.25, 0.3) is 0 Å². The topological polar surface area (TPSA) is 37.4 Å². The second kappa shape index (κ2) is 11.3. The summed E-state index contributed by atoms with van der Waals surface area (Å²) in [6, 6.07) is 20.1. The number of hydrogen-bond donors (Lipinski definition) is 1. The zero-order valence-corrected chi connectivity index (χ0v) is 21.5. The molecule has 1 heterocycles. The van der Waals surface area contributed by atoms with Crippen LogP contribution in [0.2, 0.25) is 10.0 Å². The molecule has 0 aliphatic rings. The summed E-state index contributed by atoms with van der Waals surface area (Å²) in [5.41, 5.74) is 4.01. The van der Waals surface area contributed by atoms with Gasteiger partial charge in [0.1, 0.15) is 5.75 Å². The van der Waals surface area contributed by atoms with Crippen molar-refractivity contribution in [2.75, 3.05) is 32.1 Å². The quantitative estimate of drug-likeness (QED) is 0.226. The number of pyridine rings is 1. The van der Waals surface area contributed by atoms with E-state index in [4.69, 9.17) is 32.9 Å². The standard InChI is InChI=1S/C28H31Cl2N3O/c1-4-33(5-2)16-6-7-25(19-8-10-20(29)11-9-19)32-28-23-14-12-21(30)17-27(23)31-26-15-13-22(34-3)18-24(26)28/h8-15,17-18,25H,4-7,16H2,1-3H3,(H,31,32)/t25-/m1/s1. The smallest absolute Gasteiger partial charge is 0.119 e. The molecule has 0 radical (unpaired) electrons. The van der Waals surface area contributed by atoms with E-state index < -0.39 is 0 Å². The van der Waals surface area contributed by atoms with Crippen LogP contribution >= 0.6 is 23.2 Å². The van der Waals surface area contributed by atoms with Gasteiger partial charge in [-0.05, 0) is 86.6 Å². The fourth-order valence-electron chi connectivity index (χ4n) is 4.43. The molecule has 0 saturated heterocycles. The van der Waals surface area contributed by atoms with Gasteiger partial charge in [-0.3, -0.25) is 0 Å². The Morgan fingerprint density at radius 2 is 1.62 bits per heavy atom. The molecule has 3 aromatic carbocycles. The third-order valence-electron chi connectivity index (χ3n) is 6.40. The van der Waals surface area contributed by atoms with Crippen molar-refractivity contribution in [1.82, 2.24) is 9.88 Å². The van der Waals surface area contributed by atoms with E-state index in [1.54, 1.807) is 7.11 Å². The van der Waals surface area contributed by atoms with Gasteiger partial charge in [-0.2, -0.15) is 0 Å². The van der Waals surface area contributed by atoms with Gasteiger partial charge in [0.2, 0.25) is 0 Å². The Balaban J connectivity index is 1.78. The summed E-state index contributed by atoms with van der Waals surface area (Å²) in [4.78, 5) is 7.33. The number of ether oxygens (including phenoxy) is 1. The number of nitrogens with one attached hydrogen (secondary N) is 1. The minimum absolute atomic E-state index is 0.114. The molecule has 0 unspecified atom stereocenters. The zero-order valence-electron chi connectivity index (χ0n) is 19.9. The molecule has 0 amide bonds. The molecule has 0 aliphatic heterocycles. The number of benzene rings is 3. The number of methoxy groups -OCH3 is 1. The molecule has 0 spiro atoms. The van der Waals surface area contributed by atoms with Gasteiger partial charge in [0, 0.05) is 20.8 Å². The third kappa shape index (κ3) is 5.57. The number of rotatable bonds is 10. The van der Waals surface area contributed by atoms with Crippen molar-refractivity contribution >= 4 is 50.7 Å². The summed E-state index contributed by atoms with van der Waals surface area (Å²) >= 11 is 12.5. The van der Waals surface area contributed by atoms with E-state index in [1.807, 2.05) is 48.5 Å². The highest BCUT2D eigenvalue weighted by Crippen LogP contribution is 2.37. The maximum atomic E-state index is 6.31. The zero-order chi connectivity index (χ0) is 24.1. The number of aromatic nitrogens is 1. The summed E-state index contributed by atoms with van der Waals surface area (Å²) in [6.07, 6.45) is 2.07. The highest BCUT2D eigenvalue weighted by Gasteiger charge is 2.17. The molecule has 178 valence electrons. The molecule has 0 bridgehead atoms. The van der Waals surface area contributed by atoms with Crippen molar-refractivity contribution in [2.24, 2.45) is 0 Å². The normalized spacial score (nSPS) is 12.4. The Hall–Kier alpha value is -2.53. The molecule has 0 aliphatic carbocycles. The van der Waals surface area contributed by atoms with Crippen molar-refractivity contribution in [3.05, 3.63) is 76.3 Å². The van der Waals surface area contributed by atoms with E-state index in [9.17, 15) is 0 Å². The van der Waals surface area contributed by atoms with Crippen molar-refractivity contribution in [1.29, 1.82) is 0 Å². The molecular weight excluding hydrogens is 465 g/mol. The van der Waals surface area contributed by atoms with Gasteiger partial charge >= 0.3 is 0 Å². The van der Waals surface area contributed by atoms with Gasteiger partial charge in [-0.1, -0.05) is 49.2 Å².